The first-order chi connectivity index (χ1) is 10.0. The second-order valence-electron chi connectivity index (χ2n) is 4.46. The smallest absolute Gasteiger partial charge is 0.244 e. The van der Waals surface area contributed by atoms with Crippen molar-refractivity contribution in [1.29, 1.82) is 0 Å². The molecule has 0 amide bonds. The van der Waals surface area contributed by atoms with Gasteiger partial charge in [-0.2, -0.15) is 5.10 Å². The first-order valence-corrected chi connectivity index (χ1v) is 8.03. The molecule has 2 aromatic heterocycles. The molecule has 2 aromatic rings. The van der Waals surface area contributed by atoms with Crippen LogP contribution >= 0.6 is 0 Å². The van der Waals surface area contributed by atoms with Crippen molar-refractivity contribution >= 4 is 15.7 Å². The van der Waals surface area contributed by atoms with Crippen LogP contribution in [-0.2, 0) is 23.6 Å². The molecule has 0 aliphatic carbocycles. The molecular weight excluding hydrogens is 292 g/mol. The number of pyridine rings is 1. The Kier molecular flexibility index (Phi) is 4.86. The van der Waals surface area contributed by atoms with Gasteiger partial charge in [-0.3, -0.25) is 9.67 Å². The van der Waals surface area contributed by atoms with E-state index in [4.69, 9.17) is 0 Å². The van der Waals surface area contributed by atoms with Gasteiger partial charge in [0.1, 0.15) is 11.2 Å². The molecule has 0 spiro atoms. The van der Waals surface area contributed by atoms with Crippen LogP contribution in [0, 0.1) is 0 Å². The van der Waals surface area contributed by atoms with Crippen molar-refractivity contribution in [2.24, 2.45) is 7.05 Å². The highest BCUT2D eigenvalue weighted by atomic mass is 32.2. The van der Waals surface area contributed by atoms with Gasteiger partial charge in [0, 0.05) is 26.0 Å². The molecule has 2 heterocycles. The minimum absolute atomic E-state index is 0.0330. The Morgan fingerprint density at radius 3 is 2.86 bits per heavy atom. The average Bonchev–Trinajstić information content (AvgIpc) is 2.89. The summed E-state index contributed by atoms with van der Waals surface area (Å²) in [5, 5.41) is 7.10. The summed E-state index contributed by atoms with van der Waals surface area (Å²) >= 11 is 0. The van der Waals surface area contributed by atoms with E-state index in [2.05, 4.69) is 25.1 Å². The number of hydrogen-bond donors (Lipinski definition) is 2. The summed E-state index contributed by atoms with van der Waals surface area (Å²) in [5.41, 5.74) is 0.535. The van der Waals surface area contributed by atoms with Crippen LogP contribution < -0.4 is 10.0 Å². The Morgan fingerprint density at radius 2 is 2.19 bits per heavy atom. The molecule has 0 aliphatic rings. The van der Waals surface area contributed by atoms with Gasteiger partial charge in [-0.15, -0.1) is 0 Å². The molecule has 2 rings (SSSR count). The van der Waals surface area contributed by atoms with E-state index < -0.39 is 10.0 Å². The molecule has 0 saturated carbocycles. The molecule has 0 saturated heterocycles. The second kappa shape index (κ2) is 6.64. The van der Waals surface area contributed by atoms with E-state index in [1.165, 1.54) is 17.2 Å². The Morgan fingerprint density at radius 1 is 1.38 bits per heavy atom. The first kappa shape index (κ1) is 15.4. The molecule has 0 atom stereocenters. The monoisotopic (exact) mass is 310 g/mol. The predicted molar refractivity (Wildman–Crippen MR) is 78.0 cm³/mol. The summed E-state index contributed by atoms with van der Waals surface area (Å²) < 4.78 is 28.7. The topological polar surface area (TPSA) is 102 Å². The van der Waals surface area contributed by atoms with Crippen molar-refractivity contribution in [3.05, 3.63) is 30.6 Å². The summed E-state index contributed by atoms with van der Waals surface area (Å²) in [5.74, 6) is 0.410. The Labute approximate surface area is 123 Å². The zero-order valence-electron chi connectivity index (χ0n) is 11.9. The molecule has 0 bridgehead atoms. The van der Waals surface area contributed by atoms with Crippen molar-refractivity contribution in [3.8, 4) is 0 Å². The highest BCUT2D eigenvalue weighted by Gasteiger charge is 2.19. The molecule has 114 valence electrons. The summed E-state index contributed by atoms with van der Waals surface area (Å²) in [4.78, 5) is 7.98. The van der Waals surface area contributed by atoms with E-state index in [0.717, 1.165) is 6.42 Å². The van der Waals surface area contributed by atoms with Crippen LogP contribution in [0.1, 0.15) is 19.2 Å². The van der Waals surface area contributed by atoms with Crippen molar-refractivity contribution in [1.82, 2.24) is 24.5 Å². The summed E-state index contributed by atoms with van der Waals surface area (Å²) in [6, 6.07) is 1.64. The van der Waals surface area contributed by atoms with Crippen LogP contribution in [0.5, 0.6) is 0 Å². The highest BCUT2D eigenvalue weighted by Crippen LogP contribution is 2.19. The summed E-state index contributed by atoms with van der Waals surface area (Å²) in [7, 11) is -1.95. The molecule has 2 N–H and O–H groups in total. The SMILES string of the molecule is CCCNc1ccncc1S(=O)(=O)NCc1ncn(C)n1. The number of sulfonamides is 1. The number of nitrogens with one attached hydrogen (secondary N) is 2. The molecule has 0 aromatic carbocycles. The van der Waals surface area contributed by atoms with Crippen LogP contribution in [0.3, 0.4) is 0 Å². The molecule has 0 radical (unpaired) electrons. The molecule has 9 heteroatoms. The van der Waals surface area contributed by atoms with E-state index in [0.29, 0.717) is 18.1 Å². The Hall–Kier alpha value is -2.00. The van der Waals surface area contributed by atoms with Gasteiger partial charge < -0.3 is 5.32 Å². The van der Waals surface area contributed by atoms with E-state index >= 15 is 0 Å². The van der Waals surface area contributed by atoms with E-state index in [-0.39, 0.29) is 11.4 Å². The molecular formula is C12H18N6O2S. The van der Waals surface area contributed by atoms with Crippen LogP contribution in [-0.4, -0.2) is 34.7 Å². The third-order valence-electron chi connectivity index (χ3n) is 2.71. The number of rotatable bonds is 7. The van der Waals surface area contributed by atoms with Gasteiger partial charge in [0.25, 0.3) is 0 Å². The van der Waals surface area contributed by atoms with Crippen LogP contribution in [0.2, 0.25) is 0 Å². The molecule has 21 heavy (non-hydrogen) atoms. The highest BCUT2D eigenvalue weighted by molar-refractivity contribution is 7.89. The third kappa shape index (κ3) is 3.99. The Balaban J connectivity index is 2.15. The van der Waals surface area contributed by atoms with Crippen molar-refractivity contribution in [2.45, 2.75) is 24.8 Å². The van der Waals surface area contributed by atoms with Gasteiger partial charge in [-0.25, -0.2) is 18.1 Å². The lowest BCUT2D eigenvalue weighted by atomic mass is 10.4. The maximum absolute atomic E-state index is 12.3. The van der Waals surface area contributed by atoms with E-state index in [1.54, 1.807) is 19.3 Å². The number of hydrogen-bond acceptors (Lipinski definition) is 6. The van der Waals surface area contributed by atoms with Gasteiger partial charge in [0.2, 0.25) is 10.0 Å². The predicted octanol–water partition coefficient (Wildman–Crippen LogP) is 0.510. The largest absolute Gasteiger partial charge is 0.384 e. The molecule has 0 fully saturated rings. The summed E-state index contributed by atoms with van der Waals surface area (Å²) in [6.45, 7) is 2.73. The maximum atomic E-state index is 12.3. The maximum Gasteiger partial charge on any atom is 0.244 e. The van der Waals surface area contributed by atoms with Crippen molar-refractivity contribution < 1.29 is 8.42 Å². The lowest BCUT2D eigenvalue weighted by molar-refractivity contribution is 0.578. The van der Waals surface area contributed by atoms with Gasteiger partial charge in [-0.1, -0.05) is 6.92 Å². The van der Waals surface area contributed by atoms with Crippen LogP contribution in [0.15, 0.2) is 29.7 Å². The minimum atomic E-state index is -3.67. The quantitative estimate of drug-likeness (QED) is 0.772. The van der Waals surface area contributed by atoms with Crippen molar-refractivity contribution in [3.63, 3.8) is 0 Å². The number of aryl methyl sites for hydroxylation is 1. The lowest BCUT2D eigenvalue weighted by Gasteiger charge is -2.11. The first-order valence-electron chi connectivity index (χ1n) is 6.55. The minimum Gasteiger partial charge on any atom is -0.384 e. The average molecular weight is 310 g/mol. The van der Waals surface area contributed by atoms with Gasteiger partial charge in [-0.05, 0) is 12.5 Å². The Bertz CT molecular complexity index is 697. The van der Waals surface area contributed by atoms with Gasteiger partial charge >= 0.3 is 0 Å². The zero-order chi connectivity index (χ0) is 15.3. The van der Waals surface area contributed by atoms with E-state index in [1.807, 2.05) is 6.92 Å². The van der Waals surface area contributed by atoms with E-state index in [9.17, 15) is 8.42 Å². The second-order valence-corrected chi connectivity index (χ2v) is 6.19. The van der Waals surface area contributed by atoms with Crippen molar-refractivity contribution in [2.75, 3.05) is 11.9 Å². The van der Waals surface area contributed by atoms with Gasteiger partial charge in [0.05, 0.1) is 12.2 Å². The fourth-order valence-corrected chi connectivity index (χ4v) is 2.81. The molecule has 0 aliphatic heterocycles. The zero-order valence-corrected chi connectivity index (χ0v) is 12.8. The normalized spacial score (nSPS) is 11.5. The van der Waals surface area contributed by atoms with Crippen LogP contribution in [0.4, 0.5) is 5.69 Å². The number of anilines is 1. The fraction of sp³-hybridized carbons (Fsp3) is 0.417. The number of aromatic nitrogens is 4. The lowest BCUT2D eigenvalue weighted by Crippen LogP contribution is -2.25. The number of nitrogens with zero attached hydrogens (tertiary/aromatic N) is 4. The fourth-order valence-electron chi connectivity index (χ4n) is 1.70. The third-order valence-corrected chi connectivity index (χ3v) is 4.14. The van der Waals surface area contributed by atoms with Gasteiger partial charge in [0.15, 0.2) is 5.82 Å². The van der Waals surface area contributed by atoms with Crippen LogP contribution in [0.25, 0.3) is 0 Å². The molecule has 8 nitrogen and oxygen atoms in total. The molecule has 0 unspecified atom stereocenters. The summed E-state index contributed by atoms with van der Waals surface area (Å²) in [6.07, 6.45) is 5.29. The standard InChI is InChI=1S/C12H18N6O2S/c1-3-5-14-10-4-6-13-7-11(10)21(19,20)16-8-12-15-9-18(2)17-12/h4,6-7,9,16H,3,5,8H2,1-2H3,(H,13,14).